The summed E-state index contributed by atoms with van der Waals surface area (Å²) in [5, 5.41) is 4.02. The van der Waals surface area contributed by atoms with Crippen LogP contribution in [0, 0.1) is 5.92 Å². The molecule has 6 nitrogen and oxygen atoms in total. The first-order valence-electron chi connectivity index (χ1n) is 10.2. The van der Waals surface area contributed by atoms with Crippen LogP contribution in [0.3, 0.4) is 0 Å². The lowest BCUT2D eigenvalue weighted by Gasteiger charge is -2.31. The van der Waals surface area contributed by atoms with E-state index in [-0.39, 0.29) is 11.8 Å². The second-order valence-electron chi connectivity index (χ2n) is 7.30. The van der Waals surface area contributed by atoms with Gasteiger partial charge >= 0.3 is 0 Å². The van der Waals surface area contributed by atoms with Crippen molar-refractivity contribution >= 4 is 22.6 Å². The zero-order chi connectivity index (χ0) is 19.8. The summed E-state index contributed by atoms with van der Waals surface area (Å²) >= 11 is 1.43. The molecule has 1 aliphatic heterocycles. The summed E-state index contributed by atoms with van der Waals surface area (Å²) in [6, 6.07) is 7.99. The van der Waals surface area contributed by atoms with E-state index in [2.05, 4.69) is 27.6 Å². The highest BCUT2D eigenvalue weighted by Gasteiger charge is 2.27. The molecular formula is C21H30N4O2S. The highest BCUT2D eigenvalue weighted by Crippen LogP contribution is 2.26. The quantitative estimate of drug-likeness (QED) is 0.649. The summed E-state index contributed by atoms with van der Waals surface area (Å²) in [5.74, 6) is 1.89. The summed E-state index contributed by atoms with van der Waals surface area (Å²) in [6.45, 7) is 4.62. The van der Waals surface area contributed by atoms with Crippen molar-refractivity contribution in [2.45, 2.75) is 45.4 Å². The molecule has 7 heteroatoms. The number of benzene rings is 1. The molecule has 2 heterocycles. The summed E-state index contributed by atoms with van der Waals surface area (Å²) in [4.78, 5) is 19.4. The number of anilines is 1. The number of aromatic nitrogens is 2. The minimum absolute atomic E-state index is 0.0427. The molecule has 0 bridgehead atoms. The standard InChI is InChI=1S/C21H30N4O2S/c1-3-4-5-11-22-20(26)17-9-7-12-25(15-17)21-23-19(24-28-21)14-16-8-6-10-18(13-16)27-2/h6,8,10,13,17H,3-5,7,9,11-12,14-15H2,1-2H3,(H,22,26)/t17-/m0/s1. The highest BCUT2D eigenvalue weighted by atomic mass is 32.1. The third-order valence-electron chi connectivity index (χ3n) is 5.10. The van der Waals surface area contributed by atoms with Crippen molar-refractivity contribution in [2.24, 2.45) is 5.92 Å². The van der Waals surface area contributed by atoms with Crippen molar-refractivity contribution in [3.8, 4) is 5.75 Å². The maximum atomic E-state index is 12.5. The number of nitrogens with one attached hydrogen (secondary N) is 1. The molecule has 1 fully saturated rings. The van der Waals surface area contributed by atoms with Crippen LogP contribution < -0.4 is 15.0 Å². The van der Waals surface area contributed by atoms with E-state index in [1.807, 2.05) is 18.2 Å². The maximum absolute atomic E-state index is 12.5. The first-order valence-corrected chi connectivity index (χ1v) is 10.9. The molecule has 152 valence electrons. The molecule has 1 saturated heterocycles. The van der Waals surface area contributed by atoms with Gasteiger partial charge in [0.1, 0.15) is 11.6 Å². The van der Waals surface area contributed by atoms with Crippen molar-refractivity contribution in [3.63, 3.8) is 0 Å². The van der Waals surface area contributed by atoms with Crippen LogP contribution in [-0.4, -0.2) is 42.0 Å². The Morgan fingerprint density at radius 3 is 3.11 bits per heavy atom. The number of hydrogen-bond acceptors (Lipinski definition) is 6. The Hall–Kier alpha value is -2.15. The third-order valence-corrected chi connectivity index (χ3v) is 5.91. The Bertz CT molecular complexity index is 764. The van der Waals surface area contributed by atoms with E-state index >= 15 is 0 Å². The van der Waals surface area contributed by atoms with E-state index in [1.165, 1.54) is 18.0 Å². The zero-order valence-electron chi connectivity index (χ0n) is 16.8. The highest BCUT2D eigenvalue weighted by molar-refractivity contribution is 7.09. The Morgan fingerprint density at radius 1 is 1.39 bits per heavy atom. The predicted molar refractivity (Wildman–Crippen MR) is 113 cm³/mol. The van der Waals surface area contributed by atoms with Gasteiger partial charge in [-0.25, -0.2) is 4.98 Å². The summed E-state index contributed by atoms with van der Waals surface area (Å²) in [5.41, 5.74) is 1.13. The van der Waals surface area contributed by atoms with E-state index < -0.39 is 0 Å². The molecule has 0 radical (unpaired) electrons. The van der Waals surface area contributed by atoms with Gasteiger partial charge in [-0.15, -0.1) is 0 Å². The smallest absolute Gasteiger partial charge is 0.224 e. The van der Waals surface area contributed by atoms with Crippen molar-refractivity contribution in [3.05, 3.63) is 35.7 Å². The molecule has 1 aromatic carbocycles. The normalized spacial score (nSPS) is 16.8. The Labute approximate surface area is 171 Å². The van der Waals surface area contributed by atoms with E-state index in [1.54, 1.807) is 7.11 Å². The minimum Gasteiger partial charge on any atom is -0.497 e. The van der Waals surface area contributed by atoms with Crippen LogP contribution in [0.4, 0.5) is 5.13 Å². The minimum atomic E-state index is 0.0427. The average Bonchev–Trinajstić information content (AvgIpc) is 3.20. The molecule has 28 heavy (non-hydrogen) atoms. The van der Waals surface area contributed by atoms with E-state index in [0.29, 0.717) is 6.42 Å². The van der Waals surface area contributed by atoms with Crippen LogP contribution in [0.25, 0.3) is 0 Å². The van der Waals surface area contributed by atoms with Gasteiger partial charge in [0, 0.05) is 37.6 Å². The average molecular weight is 403 g/mol. The van der Waals surface area contributed by atoms with Gasteiger partial charge in [0.05, 0.1) is 13.0 Å². The number of unbranched alkanes of at least 4 members (excludes halogenated alkanes) is 2. The molecule has 0 aliphatic carbocycles. The van der Waals surface area contributed by atoms with Crippen molar-refractivity contribution in [1.82, 2.24) is 14.7 Å². The van der Waals surface area contributed by atoms with Gasteiger partial charge in [0.15, 0.2) is 0 Å². The molecule has 0 spiro atoms. The zero-order valence-corrected chi connectivity index (χ0v) is 17.6. The molecule has 1 aromatic heterocycles. The van der Waals surface area contributed by atoms with Gasteiger partial charge in [-0.05, 0) is 37.0 Å². The number of rotatable bonds is 9. The number of hydrogen-bond donors (Lipinski definition) is 1. The molecule has 1 atom stereocenters. The first-order chi connectivity index (χ1) is 13.7. The number of nitrogens with zero attached hydrogens (tertiary/aromatic N) is 3. The fourth-order valence-electron chi connectivity index (χ4n) is 3.51. The Kier molecular flexibility index (Phi) is 7.65. The fourth-order valence-corrected chi connectivity index (χ4v) is 4.23. The van der Waals surface area contributed by atoms with Gasteiger partial charge in [0.25, 0.3) is 0 Å². The second kappa shape index (κ2) is 10.4. The van der Waals surface area contributed by atoms with Gasteiger partial charge in [-0.1, -0.05) is 31.9 Å². The monoisotopic (exact) mass is 402 g/mol. The number of methoxy groups -OCH3 is 1. The molecule has 1 amide bonds. The summed E-state index contributed by atoms with van der Waals surface area (Å²) in [6.07, 6.45) is 6.04. The van der Waals surface area contributed by atoms with E-state index in [9.17, 15) is 4.79 Å². The SMILES string of the molecule is CCCCCNC(=O)[C@H]1CCCN(c2nc(Cc3cccc(OC)c3)ns2)C1. The topological polar surface area (TPSA) is 67.4 Å². The van der Waals surface area contributed by atoms with Gasteiger partial charge < -0.3 is 15.0 Å². The first kappa shape index (κ1) is 20.6. The summed E-state index contributed by atoms with van der Waals surface area (Å²) in [7, 11) is 1.67. The lowest BCUT2D eigenvalue weighted by atomic mass is 9.97. The van der Waals surface area contributed by atoms with Gasteiger partial charge in [-0.2, -0.15) is 4.37 Å². The molecule has 0 unspecified atom stereocenters. The van der Waals surface area contributed by atoms with Crippen LogP contribution in [-0.2, 0) is 11.2 Å². The molecule has 3 rings (SSSR count). The predicted octanol–water partition coefficient (Wildman–Crippen LogP) is 3.66. The van der Waals surface area contributed by atoms with Crippen molar-refractivity contribution in [1.29, 1.82) is 0 Å². The van der Waals surface area contributed by atoms with Crippen LogP contribution in [0.2, 0.25) is 0 Å². The van der Waals surface area contributed by atoms with Crippen LogP contribution in [0.1, 0.15) is 50.4 Å². The molecule has 2 aromatic rings. The van der Waals surface area contributed by atoms with E-state index in [4.69, 9.17) is 9.72 Å². The number of ether oxygens (including phenoxy) is 1. The summed E-state index contributed by atoms with van der Waals surface area (Å²) < 4.78 is 9.81. The van der Waals surface area contributed by atoms with Crippen molar-refractivity contribution < 1.29 is 9.53 Å². The maximum Gasteiger partial charge on any atom is 0.224 e. The Balaban J connectivity index is 1.55. The number of amides is 1. The Morgan fingerprint density at radius 2 is 2.29 bits per heavy atom. The lowest BCUT2D eigenvalue weighted by Crippen LogP contribution is -2.43. The largest absolute Gasteiger partial charge is 0.497 e. The molecule has 0 saturated carbocycles. The third kappa shape index (κ3) is 5.67. The van der Waals surface area contributed by atoms with Gasteiger partial charge in [0.2, 0.25) is 11.0 Å². The van der Waals surface area contributed by atoms with Gasteiger partial charge in [-0.3, -0.25) is 4.79 Å². The van der Waals surface area contributed by atoms with Crippen LogP contribution in [0.5, 0.6) is 5.75 Å². The number of piperidine rings is 1. The molecule has 1 aliphatic rings. The lowest BCUT2D eigenvalue weighted by molar-refractivity contribution is -0.125. The second-order valence-corrected chi connectivity index (χ2v) is 8.04. The van der Waals surface area contributed by atoms with Crippen LogP contribution >= 0.6 is 11.5 Å². The number of carbonyl (C=O) groups is 1. The number of carbonyl (C=O) groups excluding carboxylic acids is 1. The van der Waals surface area contributed by atoms with Crippen LogP contribution in [0.15, 0.2) is 24.3 Å². The molecular weight excluding hydrogens is 372 g/mol. The fraction of sp³-hybridized carbons (Fsp3) is 0.571. The van der Waals surface area contributed by atoms with E-state index in [0.717, 1.165) is 67.6 Å². The molecule has 1 N–H and O–H groups in total. The van der Waals surface area contributed by atoms with Crippen molar-refractivity contribution in [2.75, 3.05) is 31.6 Å².